The third kappa shape index (κ3) is 2.56. The van der Waals surface area contributed by atoms with Gasteiger partial charge in [0.1, 0.15) is 5.78 Å². The number of ketones is 1. The Kier molecular flexibility index (Phi) is 3.00. The van der Waals surface area contributed by atoms with E-state index < -0.39 is 0 Å². The van der Waals surface area contributed by atoms with E-state index in [2.05, 4.69) is 31.2 Å². The van der Waals surface area contributed by atoms with Gasteiger partial charge in [0.2, 0.25) is 0 Å². The van der Waals surface area contributed by atoms with E-state index in [0.717, 1.165) is 19.3 Å². The highest BCUT2D eigenvalue weighted by Gasteiger charge is 2.19. The van der Waals surface area contributed by atoms with Crippen LogP contribution < -0.4 is 0 Å². The first-order valence-corrected chi connectivity index (χ1v) is 5.51. The van der Waals surface area contributed by atoms with Crippen molar-refractivity contribution >= 4 is 11.9 Å². The van der Waals surface area contributed by atoms with E-state index >= 15 is 0 Å². The molecular weight excluding hydrogens is 184 g/mol. The first-order chi connectivity index (χ1) is 7.25. The van der Waals surface area contributed by atoms with E-state index in [0.29, 0.717) is 11.7 Å². The van der Waals surface area contributed by atoms with Crippen molar-refractivity contribution in [2.45, 2.75) is 26.2 Å². The minimum Gasteiger partial charge on any atom is -0.300 e. The summed E-state index contributed by atoms with van der Waals surface area (Å²) in [5, 5.41) is 0. The Morgan fingerprint density at radius 2 is 2.13 bits per heavy atom. The summed E-state index contributed by atoms with van der Waals surface area (Å²) in [4.78, 5) is 11.1. The van der Waals surface area contributed by atoms with Crippen molar-refractivity contribution in [3.63, 3.8) is 0 Å². The molecule has 1 aromatic carbocycles. The maximum Gasteiger partial charge on any atom is 0.133 e. The average Bonchev–Trinajstić information content (AvgIpc) is 2.63. The SMILES string of the molecule is Cc1ccccc1/C=C/C1CCC(=O)C1. The van der Waals surface area contributed by atoms with E-state index in [9.17, 15) is 4.79 Å². The van der Waals surface area contributed by atoms with Crippen molar-refractivity contribution in [3.05, 3.63) is 41.5 Å². The van der Waals surface area contributed by atoms with Crippen LogP contribution in [0.25, 0.3) is 6.08 Å². The zero-order valence-electron chi connectivity index (χ0n) is 9.07. The van der Waals surface area contributed by atoms with Gasteiger partial charge in [-0.3, -0.25) is 4.79 Å². The minimum absolute atomic E-state index is 0.412. The number of aryl methyl sites for hydroxylation is 1. The van der Waals surface area contributed by atoms with Gasteiger partial charge in [0.05, 0.1) is 0 Å². The zero-order chi connectivity index (χ0) is 10.7. The number of hydrogen-bond acceptors (Lipinski definition) is 1. The third-order valence-corrected chi connectivity index (χ3v) is 3.02. The molecule has 15 heavy (non-hydrogen) atoms. The lowest BCUT2D eigenvalue weighted by molar-refractivity contribution is -0.117. The van der Waals surface area contributed by atoms with Gasteiger partial charge in [-0.2, -0.15) is 0 Å². The van der Waals surface area contributed by atoms with Gasteiger partial charge in [0.25, 0.3) is 0 Å². The predicted molar refractivity (Wildman–Crippen MR) is 62.6 cm³/mol. The van der Waals surface area contributed by atoms with Crippen molar-refractivity contribution in [1.82, 2.24) is 0 Å². The fourth-order valence-electron chi connectivity index (χ4n) is 2.02. The molecule has 0 saturated heterocycles. The Bertz CT molecular complexity index is 390. The Morgan fingerprint density at radius 3 is 2.80 bits per heavy atom. The highest BCUT2D eigenvalue weighted by Crippen LogP contribution is 2.24. The highest BCUT2D eigenvalue weighted by atomic mass is 16.1. The number of hydrogen-bond donors (Lipinski definition) is 0. The molecule has 0 heterocycles. The van der Waals surface area contributed by atoms with Gasteiger partial charge in [0, 0.05) is 12.8 Å². The molecule has 0 aromatic heterocycles. The predicted octanol–water partition coefficient (Wildman–Crippen LogP) is 3.38. The first kappa shape index (κ1) is 10.2. The number of carbonyl (C=O) groups excluding carboxylic acids is 1. The lowest BCUT2D eigenvalue weighted by Crippen LogP contribution is -1.90. The quantitative estimate of drug-likeness (QED) is 0.715. The fraction of sp³-hybridized carbons (Fsp3) is 0.357. The van der Waals surface area contributed by atoms with Gasteiger partial charge < -0.3 is 0 Å². The van der Waals surface area contributed by atoms with Crippen LogP contribution in [0.5, 0.6) is 0 Å². The Morgan fingerprint density at radius 1 is 1.33 bits per heavy atom. The maximum atomic E-state index is 11.1. The summed E-state index contributed by atoms with van der Waals surface area (Å²) in [7, 11) is 0. The van der Waals surface area contributed by atoms with Crippen LogP contribution in [-0.2, 0) is 4.79 Å². The van der Waals surface area contributed by atoms with E-state index in [4.69, 9.17) is 0 Å². The van der Waals surface area contributed by atoms with Gasteiger partial charge in [-0.25, -0.2) is 0 Å². The van der Waals surface area contributed by atoms with Crippen molar-refractivity contribution in [3.8, 4) is 0 Å². The molecule has 1 saturated carbocycles. The molecule has 0 N–H and O–H groups in total. The molecule has 0 radical (unpaired) electrons. The van der Waals surface area contributed by atoms with Crippen LogP contribution in [0.3, 0.4) is 0 Å². The first-order valence-electron chi connectivity index (χ1n) is 5.51. The molecule has 1 atom stereocenters. The number of allylic oxidation sites excluding steroid dienone is 1. The van der Waals surface area contributed by atoms with E-state index in [1.807, 2.05) is 12.1 Å². The molecule has 1 unspecified atom stereocenters. The zero-order valence-corrected chi connectivity index (χ0v) is 9.07. The molecule has 1 fully saturated rings. The molecule has 1 nitrogen and oxygen atoms in total. The lowest BCUT2D eigenvalue weighted by atomic mass is 10.0. The molecule has 0 aliphatic heterocycles. The Labute approximate surface area is 90.8 Å². The summed E-state index contributed by atoms with van der Waals surface area (Å²) in [6.45, 7) is 2.11. The molecule has 1 aromatic rings. The van der Waals surface area contributed by atoms with Gasteiger partial charge in [-0.15, -0.1) is 0 Å². The summed E-state index contributed by atoms with van der Waals surface area (Å²) < 4.78 is 0. The van der Waals surface area contributed by atoms with Gasteiger partial charge in [-0.1, -0.05) is 36.4 Å². The maximum absolute atomic E-state index is 11.1. The van der Waals surface area contributed by atoms with E-state index in [-0.39, 0.29) is 0 Å². The van der Waals surface area contributed by atoms with E-state index in [1.54, 1.807) is 0 Å². The van der Waals surface area contributed by atoms with Crippen LogP contribution in [0, 0.1) is 12.8 Å². The number of carbonyl (C=O) groups is 1. The average molecular weight is 200 g/mol. The molecule has 0 amide bonds. The van der Waals surface area contributed by atoms with Crippen molar-refractivity contribution < 1.29 is 4.79 Å². The lowest BCUT2D eigenvalue weighted by Gasteiger charge is -2.01. The molecule has 78 valence electrons. The summed E-state index contributed by atoms with van der Waals surface area (Å²) >= 11 is 0. The minimum atomic E-state index is 0.412. The standard InChI is InChI=1S/C14H16O/c1-11-4-2-3-5-13(11)8-6-12-7-9-14(15)10-12/h2-6,8,12H,7,9-10H2,1H3/b8-6+. The van der Waals surface area contributed by atoms with Crippen LogP contribution in [-0.4, -0.2) is 5.78 Å². The largest absolute Gasteiger partial charge is 0.300 e. The number of Topliss-reactive ketones (excluding diaryl/α,β-unsaturated/α-hetero) is 1. The smallest absolute Gasteiger partial charge is 0.133 e. The summed E-state index contributed by atoms with van der Waals surface area (Å²) in [5.74, 6) is 0.881. The number of rotatable bonds is 2. The second-order valence-corrected chi connectivity index (χ2v) is 4.26. The molecule has 0 bridgehead atoms. The molecule has 1 aliphatic rings. The van der Waals surface area contributed by atoms with Crippen molar-refractivity contribution in [1.29, 1.82) is 0 Å². The number of benzene rings is 1. The van der Waals surface area contributed by atoms with Gasteiger partial charge in [-0.05, 0) is 30.4 Å². The van der Waals surface area contributed by atoms with Crippen molar-refractivity contribution in [2.75, 3.05) is 0 Å². The van der Waals surface area contributed by atoms with Crippen LogP contribution in [0.4, 0.5) is 0 Å². The topological polar surface area (TPSA) is 17.1 Å². The van der Waals surface area contributed by atoms with Crippen LogP contribution >= 0.6 is 0 Å². The second-order valence-electron chi connectivity index (χ2n) is 4.26. The summed E-state index contributed by atoms with van der Waals surface area (Å²) in [6, 6.07) is 8.32. The second kappa shape index (κ2) is 4.43. The van der Waals surface area contributed by atoms with Crippen LogP contribution in [0.15, 0.2) is 30.3 Å². The van der Waals surface area contributed by atoms with E-state index in [1.165, 1.54) is 11.1 Å². The molecule has 0 spiro atoms. The molecule has 2 rings (SSSR count). The van der Waals surface area contributed by atoms with Crippen LogP contribution in [0.2, 0.25) is 0 Å². The Balaban J connectivity index is 2.05. The molecular formula is C14H16O. The van der Waals surface area contributed by atoms with Crippen molar-refractivity contribution in [2.24, 2.45) is 5.92 Å². The summed E-state index contributed by atoms with van der Waals surface area (Å²) in [5.41, 5.74) is 2.55. The third-order valence-electron chi connectivity index (χ3n) is 3.02. The fourth-order valence-corrected chi connectivity index (χ4v) is 2.02. The van der Waals surface area contributed by atoms with Gasteiger partial charge >= 0.3 is 0 Å². The monoisotopic (exact) mass is 200 g/mol. The molecule has 1 heteroatoms. The summed E-state index contributed by atoms with van der Waals surface area (Å²) in [6.07, 6.45) is 6.87. The Hall–Kier alpha value is -1.37. The van der Waals surface area contributed by atoms with Gasteiger partial charge in [0.15, 0.2) is 0 Å². The molecule has 1 aliphatic carbocycles. The highest BCUT2D eigenvalue weighted by molar-refractivity contribution is 5.81. The van der Waals surface area contributed by atoms with Crippen LogP contribution in [0.1, 0.15) is 30.4 Å². The normalized spacial score (nSPS) is 21.4.